The molecule has 25 heavy (non-hydrogen) atoms. The normalized spacial score (nSPS) is 24.2. The minimum absolute atomic E-state index is 0.0410. The molecule has 0 saturated carbocycles. The molecular formula is C18H11F5O2. The molecule has 0 bridgehead atoms. The third-order valence-electron chi connectivity index (χ3n) is 4.37. The molecule has 0 aromatic heterocycles. The molecule has 1 aromatic carbocycles. The Morgan fingerprint density at radius 3 is 2.04 bits per heavy atom. The van der Waals surface area contributed by atoms with Crippen LogP contribution in [0.1, 0.15) is 34.1 Å². The average Bonchev–Trinajstić information content (AvgIpc) is 2.62. The predicted molar refractivity (Wildman–Crippen MR) is 79.6 cm³/mol. The molecular weight excluding hydrogens is 343 g/mol. The monoisotopic (exact) mass is 354 g/mol. The summed E-state index contributed by atoms with van der Waals surface area (Å²) < 4.78 is 67.9. The highest BCUT2D eigenvalue weighted by Crippen LogP contribution is 2.41. The summed E-state index contributed by atoms with van der Waals surface area (Å²) in [6.07, 6.45) is -6.59. The molecule has 2 atom stereocenters. The van der Waals surface area contributed by atoms with Crippen LogP contribution in [0.25, 0.3) is 0 Å². The number of halogens is 5. The van der Waals surface area contributed by atoms with Crippen molar-refractivity contribution in [1.29, 1.82) is 0 Å². The van der Waals surface area contributed by atoms with Gasteiger partial charge in [-0.25, -0.2) is 22.0 Å². The lowest BCUT2D eigenvalue weighted by Gasteiger charge is -2.24. The summed E-state index contributed by atoms with van der Waals surface area (Å²) in [6.45, 7) is 1.29. The number of allylic oxidation sites excluding steroid dienone is 6. The van der Waals surface area contributed by atoms with Gasteiger partial charge in [0.1, 0.15) is 0 Å². The fourth-order valence-electron chi connectivity index (χ4n) is 2.92. The first kappa shape index (κ1) is 17.3. The van der Waals surface area contributed by atoms with E-state index < -0.39 is 53.4 Å². The predicted octanol–water partition coefficient (Wildman–Crippen LogP) is 4.84. The first-order valence-electron chi connectivity index (χ1n) is 7.36. The minimum Gasteiger partial charge on any atom is -0.289 e. The highest BCUT2D eigenvalue weighted by atomic mass is 19.2. The van der Waals surface area contributed by atoms with Crippen LogP contribution in [-0.2, 0) is 0 Å². The molecule has 2 unspecified atom stereocenters. The fourth-order valence-corrected chi connectivity index (χ4v) is 2.92. The molecule has 0 N–H and O–H groups in total. The van der Waals surface area contributed by atoms with Gasteiger partial charge in [-0.2, -0.15) is 0 Å². The number of carbonyl (C=O) groups excluding carboxylic acids is 2. The van der Waals surface area contributed by atoms with Crippen LogP contribution in [0.5, 0.6) is 0 Å². The van der Waals surface area contributed by atoms with E-state index >= 15 is 0 Å². The molecule has 2 nitrogen and oxygen atoms in total. The second-order valence-electron chi connectivity index (χ2n) is 5.79. The lowest BCUT2D eigenvalue weighted by Crippen LogP contribution is -2.28. The van der Waals surface area contributed by atoms with Gasteiger partial charge in [-0.1, -0.05) is 24.3 Å². The molecule has 0 radical (unpaired) electrons. The van der Waals surface area contributed by atoms with Gasteiger partial charge in [-0.05, 0) is 6.92 Å². The zero-order valence-electron chi connectivity index (χ0n) is 12.9. The SMILES string of the molecule is CC1=C(CC2=C(F)C(F)=C(F)C(F)C2F)C(=O)c2ccccc2C1=O. The van der Waals surface area contributed by atoms with Crippen molar-refractivity contribution in [2.24, 2.45) is 0 Å². The average molecular weight is 354 g/mol. The van der Waals surface area contributed by atoms with Crippen LogP contribution in [0.2, 0.25) is 0 Å². The summed E-state index contributed by atoms with van der Waals surface area (Å²) in [4.78, 5) is 24.9. The molecule has 130 valence electrons. The Balaban J connectivity index is 2.08. The zero-order valence-corrected chi connectivity index (χ0v) is 12.9. The number of fused-ring (bicyclic) bond motifs is 1. The van der Waals surface area contributed by atoms with E-state index in [9.17, 15) is 31.5 Å². The van der Waals surface area contributed by atoms with Crippen molar-refractivity contribution in [3.63, 3.8) is 0 Å². The largest absolute Gasteiger partial charge is 0.289 e. The quantitative estimate of drug-likeness (QED) is 0.713. The van der Waals surface area contributed by atoms with Crippen LogP contribution < -0.4 is 0 Å². The van der Waals surface area contributed by atoms with Crippen molar-refractivity contribution in [1.82, 2.24) is 0 Å². The van der Waals surface area contributed by atoms with Crippen LogP contribution >= 0.6 is 0 Å². The highest BCUT2D eigenvalue weighted by molar-refractivity contribution is 6.26. The first-order valence-corrected chi connectivity index (χ1v) is 7.36. The van der Waals surface area contributed by atoms with E-state index in [-0.39, 0.29) is 22.3 Å². The Hall–Kier alpha value is -2.57. The number of carbonyl (C=O) groups is 2. The molecule has 0 saturated heterocycles. The molecule has 3 rings (SSSR count). The number of benzene rings is 1. The third kappa shape index (κ3) is 2.54. The second kappa shape index (κ2) is 6.06. The van der Waals surface area contributed by atoms with Crippen molar-refractivity contribution in [3.8, 4) is 0 Å². The first-order chi connectivity index (χ1) is 11.8. The van der Waals surface area contributed by atoms with Gasteiger partial charge in [0.15, 0.2) is 41.4 Å². The van der Waals surface area contributed by atoms with Crippen molar-refractivity contribution >= 4 is 11.6 Å². The van der Waals surface area contributed by atoms with Gasteiger partial charge in [0.2, 0.25) is 0 Å². The summed E-state index contributed by atoms with van der Waals surface area (Å²) in [5, 5.41) is 0. The van der Waals surface area contributed by atoms with Gasteiger partial charge >= 0.3 is 0 Å². The minimum atomic E-state index is -2.99. The maximum absolute atomic E-state index is 14.0. The molecule has 2 aliphatic carbocycles. The van der Waals surface area contributed by atoms with Gasteiger partial charge in [-0.15, -0.1) is 0 Å². The van der Waals surface area contributed by atoms with E-state index in [1.807, 2.05) is 0 Å². The number of rotatable bonds is 2. The Bertz CT molecular complexity index is 894. The number of ketones is 2. The lowest BCUT2D eigenvalue weighted by atomic mass is 9.80. The number of alkyl halides is 2. The maximum Gasteiger partial charge on any atom is 0.193 e. The van der Waals surface area contributed by atoms with E-state index in [4.69, 9.17) is 0 Å². The third-order valence-corrected chi connectivity index (χ3v) is 4.37. The summed E-state index contributed by atoms with van der Waals surface area (Å²) in [7, 11) is 0. The van der Waals surface area contributed by atoms with E-state index in [1.54, 1.807) is 6.07 Å². The van der Waals surface area contributed by atoms with Crippen molar-refractivity contribution in [2.75, 3.05) is 0 Å². The Morgan fingerprint density at radius 2 is 1.44 bits per heavy atom. The fraction of sp³-hybridized carbons (Fsp3) is 0.222. The number of hydrogen-bond donors (Lipinski definition) is 0. The lowest BCUT2D eigenvalue weighted by molar-refractivity contribution is 0.0971. The van der Waals surface area contributed by atoms with Crippen LogP contribution in [0.3, 0.4) is 0 Å². The second-order valence-corrected chi connectivity index (χ2v) is 5.79. The van der Waals surface area contributed by atoms with Crippen molar-refractivity contribution in [3.05, 3.63) is 69.6 Å². The van der Waals surface area contributed by atoms with Gasteiger partial charge in [0, 0.05) is 34.3 Å². The van der Waals surface area contributed by atoms with Gasteiger partial charge in [-0.3, -0.25) is 9.59 Å². The van der Waals surface area contributed by atoms with Crippen LogP contribution in [0, 0.1) is 0 Å². The molecule has 0 fully saturated rings. The molecule has 0 aliphatic heterocycles. The van der Waals surface area contributed by atoms with E-state index in [1.165, 1.54) is 25.1 Å². The highest BCUT2D eigenvalue weighted by Gasteiger charge is 2.41. The number of hydrogen-bond acceptors (Lipinski definition) is 2. The molecule has 0 spiro atoms. The number of Topliss-reactive ketones (excluding diaryl/α,β-unsaturated/α-hetero) is 2. The molecule has 0 amide bonds. The topological polar surface area (TPSA) is 34.1 Å². The molecule has 2 aliphatic rings. The van der Waals surface area contributed by atoms with Gasteiger partial charge in [0.25, 0.3) is 0 Å². The van der Waals surface area contributed by atoms with Crippen molar-refractivity contribution in [2.45, 2.75) is 25.7 Å². The van der Waals surface area contributed by atoms with Gasteiger partial charge < -0.3 is 0 Å². The van der Waals surface area contributed by atoms with E-state index in [0.717, 1.165) is 0 Å². The zero-order chi connectivity index (χ0) is 18.5. The van der Waals surface area contributed by atoms with E-state index in [0.29, 0.717) is 0 Å². The summed E-state index contributed by atoms with van der Waals surface area (Å²) >= 11 is 0. The van der Waals surface area contributed by atoms with E-state index in [2.05, 4.69) is 0 Å². The standard InChI is InChI=1S/C18H11F5O2/c1-7-10(18(25)9-5-3-2-4-8(9)17(7)24)6-11-12(19)14(21)16(23)15(22)13(11)20/h2-5,12,14H,6H2,1H3. The molecule has 7 heteroatoms. The summed E-state index contributed by atoms with van der Waals surface area (Å²) in [6, 6.07) is 5.87. The molecule has 0 heterocycles. The molecule has 1 aromatic rings. The summed E-state index contributed by atoms with van der Waals surface area (Å²) in [5.74, 6) is -7.33. The van der Waals surface area contributed by atoms with Crippen LogP contribution in [0.15, 0.2) is 58.5 Å². The summed E-state index contributed by atoms with van der Waals surface area (Å²) in [5.41, 5.74) is -1.18. The Morgan fingerprint density at radius 1 is 0.880 bits per heavy atom. The van der Waals surface area contributed by atoms with Crippen LogP contribution in [0.4, 0.5) is 22.0 Å². The van der Waals surface area contributed by atoms with Gasteiger partial charge in [0.05, 0.1) is 0 Å². The maximum atomic E-state index is 14.0. The van der Waals surface area contributed by atoms with Crippen LogP contribution in [-0.4, -0.2) is 23.9 Å². The van der Waals surface area contributed by atoms with Crippen molar-refractivity contribution < 1.29 is 31.5 Å². The Labute approximate surface area is 139 Å². The smallest absolute Gasteiger partial charge is 0.193 e. The Kier molecular flexibility index (Phi) is 4.18.